The van der Waals surface area contributed by atoms with Crippen molar-refractivity contribution in [2.75, 3.05) is 17.7 Å². The molecule has 0 spiro atoms. The first-order chi connectivity index (χ1) is 14.8. The Labute approximate surface area is 181 Å². The molecule has 4 rings (SSSR count). The third kappa shape index (κ3) is 5.35. The predicted octanol–water partition coefficient (Wildman–Crippen LogP) is 5.99. The lowest BCUT2D eigenvalue weighted by Crippen LogP contribution is -2.04. The summed E-state index contributed by atoms with van der Waals surface area (Å²) in [6.45, 7) is 0. The molecule has 0 aliphatic heterocycles. The van der Waals surface area contributed by atoms with Crippen LogP contribution in [-0.4, -0.2) is 23.2 Å². The number of hydrogen-bond acceptors (Lipinski definition) is 3. The van der Waals surface area contributed by atoms with E-state index in [1.165, 1.54) is 12.1 Å². The summed E-state index contributed by atoms with van der Waals surface area (Å²) in [4.78, 5) is 9.92. The molecule has 0 unspecified atom stereocenters. The van der Waals surface area contributed by atoms with Crippen molar-refractivity contribution >= 4 is 40.3 Å². The van der Waals surface area contributed by atoms with Crippen LogP contribution in [-0.2, 0) is 11.0 Å². The molecule has 0 bridgehead atoms. The van der Waals surface area contributed by atoms with E-state index in [1.807, 2.05) is 54.2 Å². The lowest BCUT2D eigenvalue weighted by molar-refractivity contribution is -0.137. The zero-order valence-corrected chi connectivity index (χ0v) is 17.1. The van der Waals surface area contributed by atoms with Crippen LogP contribution in [0, 0.1) is 0 Å². The number of rotatable bonds is 4. The van der Waals surface area contributed by atoms with Crippen LogP contribution in [0.15, 0.2) is 72.9 Å². The molecule has 1 aromatic heterocycles. The largest absolute Gasteiger partial charge is 0.416 e. The Hall–Kier alpha value is -3.52. The Bertz CT molecular complexity index is 1160. The number of nitrogens with zero attached hydrogens (tertiary/aromatic N) is 2. The quantitative estimate of drug-likeness (QED) is 0.378. The number of carbonyl (C=O) groups excluding carboxylic acids is 1. The van der Waals surface area contributed by atoms with Gasteiger partial charge in [-0.15, -0.1) is 0 Å². The maximum Gasteiger partial charge on any atom is 0.416 e. The molecule has 1 heterocycles. The first-order valence-corrected chi connectivity index (χ1v) is 9.49. The van der Waals surface area contributed by atoms with Gasteiger partial charge >= 0.3 is 6.18 Å². The first-order valence-electron chi connectivity index (χ1n) is 9.11. The van der Waals surface area contributed by atoms with Gasteiger partial charge in [0.15, 0.2) is 0 Å². The number of nitrogens with one attached hydrogen (secondary N) is 2. The van der Waals surface area contributed by atoms with Gasteiger partial charge in [-0.25, -0.2) is 4.68 Å². The van der Waals surface area contributed by atoms with E-state index < -0.39 is 11.7 Å². The molecule has 3 aromatic carbocycles. The van der Waals surface area contributed by atoms with Gasteiger partial charge < -0.3 is 10.6 Å². The minimum Gasteiger partial charge on any atom is -0.388 e. The molecule has 9 heteroatoms. The number of carbonyl (C=O) groups is 1. The summed E-state index contributed by atoms with van der Waals surface area (Å²) in [6, 6.07) is 18.1. The van der Waals surface area contributed by atoms with Crippen LogP contribution >= 0.6 is 11.6 Å². The molecular weight excluding hydrogens is 429 g/mol. The zero-order chi connectivity index (χ0) is 22.4. The van der Waals surface area contributed by atoms with E-state index in [1.54, 1.807) is 6.20 Å². The van der Waals surface area contributed by atoms with Crippen molar-refractivity contribution in [1.82, 2.24) is 9.78 Å². The number of anilines is 2. The van der Waals surface area contributed by atoms with Crippen LogP contribution < -0.4 is 10.6 Å². The summed E-state index contributed by atoms with van der Waals surface area (Å²) >= 11 is 6.14. The second-order valence-corrected chi connectivity index (χ2v) is 6.77. The number of halogens is 4. The fourth-order valence-electron chi connectivity index (χ4n) is 2.81. The highest BCUT2D eigenvalue weighted by Crippen LogP contribution is 2.29. The molecule has 31 heavy (non-hydrogen) atoms. The van der Waals surface area contributed by atoms with Crippen LogP contribution in [0.4, 0.5) is 24.5 Å². The molecule has 2 N–H and O–H groups in total. The van der Waals surface area contributed by atoms with E-state index in [0.29, 0.717) is 12.1 Å². The predicted molar refractivity (Wildman–Crippen MR) is 117 cm³/mol. The molecule has 0 atom stereocenters. The summed E-state index contributed by atoms with van der Waals surface area (Å²) in [5.74, 6) is 0. The summed E-state index contributed by atoms with van der Waals surface area (Å²) < 4.78 is 37.9. The van der Waals surface area contributed by atoms with Gasteiger partial charge in [0, 0.05) is 23.8 Å². The zero-order valence-electron chi connectivity index (χ0n) is 16.3. The SMILES string of the molecule is CNc1ccc(-n2ncc3c(Cl)cccc32)cc1.O=CNc1ccc(C(F)(F)F)cc1. The number of alkyl halides is 3. The molecule has 0 radical (unpaired) electrons. The number of aromatic nitrogens is 2. The maximum atomic E-state index is 12.0. The molecule has 160 valence electrons. The van der Waals surface area contributed by atoms with Crippen molar-refractivity contribution in [1.29, 1.82) is 0 Å². The summed E-state index contributed by atoms with van der Waals surface area (Å²) in [5, 5.41) is 11.4. The Kier molecular flexibility index (Phi) is 6.81. The highest BCUT2D eigenvalue weighted by atomic mass is 35.5. The van der Waals surface area contributed by atoms with Crippen LogP contribution in [0.2, 0.25) is 5.02 Å². The van der Waals surface area contributed by atoms with E-state index in [-0.39, 0.29) is 0 Å². The molecule has 4 aromatic rings. The van der Waals surface area contributed by atoms with Crippen molar-refractivity contribution < 1.29 is 18.0 Å². The van der Waals surface area contributed by atoms with Gasteiger partial charge in [0.25, 0.3) is 0 Å². The van der Waals surface area contributed by atoms with Gasteiger partial charge in [-0.1, -0.05) is 17.7 Å². The first kappa shape index (κ1) is 22.2. The monoisotopic (exact) mass is 446 g/mol. The maximum absolute atomic E-state index is 12.0. The summed E-state index contributed by atoms with van der Waals surface area (Å²) in [6.07, 6.45) is -2.13. The third-order valence-electron chi connectivity index (χ3n) is 4.40. The molecule has 0 saturated carbocycles. The molecular formula is C22H18ClF3N4O. The third-order valence-corrected chi connectivity index (χ3v) is 4.73. The van der Waals surface area contributed by atoms with Crippen LogP contribution in [0.25, 0.3) is 16.6 Å². The van der Waals surface area contributed by atoms with Crippen molar-refractivity contribution in [3.63, 3.8) is 0 Å². The second-order valence-electron chi connectivity index (χ2n) is 6.36. The molecule has 5 nitrogen and oxygen atoms in total. The van der Waals surface area contributed by atoms with Crippen LogP contribution in [0.1, 0.15) is 5.56 Å². The lowest BCUT2D eigenvalue weighted by Gasteiger charge is -2.06. The molecule has 0 saturated heterocycles. The summed E-state index contributed by atoms with van der Waals surface area (Å²) in [5.41, 5.74) is 2.71. The lowest BCUT2D eigenvalue weighted by atomic mass is 10.2. The highest BCUT2D eigenvalue weighted by molar-refractivity contribution is 6.35. The Balaban J connectivity index is 0.000000187. The van der Waals surface area contributed by atoms with Gasteiger partial charge in [-0.3, -0.25) is 4.79 Å². The van der Waals surface area contributed by atoms with Crippen molar-refractivity contribution in [2.24, 2.45) is 0 Å². The van der Waals surface area contributed by atoms with Crippen molar-refractivity contribution in [3.05, 3.63) is 83.5 Å². The molecule has 0 aliphatic carbocycles. The normalized spacial score (nSPS) is 10.9. The topological polar surface area (TPSA) is 59.0 Å². The summed E-state index contributed by atoms with van der Waals surface area (Å²) in [7, 11) is 1.90. The van der Waals surface area contributed by atoms with Gasteiger partial charge in [-0.05, 0) is 60.7 Å². The molecule has 1 amide bonds. The van der Waals surface area contributed by atoms with Crippen LogP contribution in [0.5, 0.6) is 0 Å². The number of benzene rings is 3. The van der Waals surface area contributed by atoms with Gasteiger partial charge in [0.05, 0.1) is 28.0 Å². The van der Waals surface area contributed by atoms with Crippen molar-refractivity contribution in [2.45, 2.75) is 6.18 Å². The minimum absolute atomic E-state index is 0.336. The standard InChI is InChI=1S/C14H12ClN3.C8H6F3NO/c1-16-10-5-7-11(8-6-10)18-14-4-2-3-13(15)12(14)9-17-18;9-8(10,11)6-1-3-7(4-2-6)12-5-13/h2-9,16H,1H3;1-5H,(H,12,13). The number of hydrogen-bond donors (Lipinski definition) is 2. The number of amides is 1. The average molecular weight is 447 g/mol. The van der Waals surface area contributed by atoms with Gasteiger partial charge in [0.1, 0.15) is 0 Å². The van der Waals surface area contributed by atoms with E-state index in [4.69, 9.17) is 11.6 Å². The van der Waals surface area contributed by atoms with Crippen LogP contribution in [0.3, 0.4) is 0 Å². The number of fused-ring (bicyclic) bond motifs is 1. The van der Waals surface area contributed by atoms with E-state index in [2.05, 4.69) is 15.7 Å². The van der Waals surface area contributed by atoms with Crippen molar-refractivity contribution in [3.8, 4) is 5.69 Å². The average Bonchev–Trinajstić information content (AvgIpc) is 3.20. The fourth-order valence-corrected chi connectivity index (χ4v) is 3.03. The van der Waals surface area contributed by atoms with E-state index in [9.17, 15) is 18.0 Å². The Morgan fingerprint density at radius 2 is 1.61 bits per heavy atom. The van der Waals surface area contributed by atoms with Gasteiger partial charge in [-0.2, -0.15) is 18.3 Å². The van der Waals surface area contributed by atoms with Gasteiger partial charge in [0.2, 0.25) is 6.41 Å². The smallest absolute Gasteiger partial charge is 0.388 e. The minimum atomic E-state index is -4.33. The van der Waals surface area contributed by atoms with E-state index >= 15 is 0 Å². The molecule has 0 aliphatic rings. The Morgan fingerprint density at radius 1 is 0.968 bits per heavy atom. The highest BCUT2D eigenvalue weighted by Gasteiger charge is 2.29. The second kappa shape index (κ2) is 9.53. The van der Waals surface area contributed by atoms with E-state index in [0.717, 1.165) is 39.4 Å². The molecule has 0 fully saturated rings. The fraction of sp³-hybridized carbons (Fsp3) is 0.0909. The Morgan fingerprint density at radius 3 is 2.19 bits per heavy atom.